The molecule has 1 fully saturated rings. The van der Waals surface area contributed by atoms with Crippen LogP contribution < -0.4 is 5.32 Å². The molecule has 0 bridgehead atoms. The van der Waals surface area contributed by atoms with E-state index in [9.17, 15) is 0 Å². The van der Waals surface area contributed by atoms with Crippen LogP contribution >= 0.6 is 22.7 Å². The van der Waals surface area contributed by atoms with E-state index in [0.29, 0.717) is 5.92 Å². The summed E-state index contributed by atoms with van der Waals surface area (Å²) in [6, 6.07) is 0. The Kier molecular flexibility index (Phi) is 2.99. The summed E-state index contributed by atoms with van der Waals surface area (Å²) >= 11 is 3.44. The topological polar surface area (TPSA) is 37.8 Å². The molecule has 84 valence electrons. The largest absolute Gasteiger partial charge is 0.316 e. The van der Waals surface area contributed by atoms with Crippen LogP contribution in [0.15, 0.2) is 17.1 Å². The molecule has 1 unspecified atom stereocenters. The first-order chi connectivity index (χ1) is 7.93. The minimum Gasteiger partial charge on any atom is -0.316 e. The van der Waals surface area contributed by atoms with Gasteiger partial charge in [-0.05, 0) is 19.4 Å². The molecule has 16 heavy (non-hydrogen) atoms. The number of hydrogen-bond acceptors (Lipinski definition) is 5. The van der Waals surface area contributed by atoms with Crippen LogP contribution in [0.1, 0.15) is 23.8 Å². The lowest BCUT2D eigenvalue weighted by Crippen LogP contribution is -2.28. The van der Waals surface area contributed by atoms with Gasteiger partial charge >= 0.3 is 0 Å². The molecule has 0 saturated carbocycles. The van der Waals surface area contributed by atoms with Gasteiger partial charge < -0.3 is 5.32 Å². The second-order valence-electron chi connectivity index (χ2n) is 3.98. The molecule has 2 aromatic rings. The second-order valence-corrected chi connectivity index (χ2v) is 5.76. The second kappa shape index (κ2) is 4.61. The van der Waals surface area contributed by atoms with Gasteiger partial charge in [0.15, 0.2) is 0 Å². The monoisotopic (exact) mass is 251 g/mol. The average molecular weight is 251 g/mol. The molecule has 1 aliphatic rings. The lowest BCUT2D eigenvalue weighted by atomic mass is 10.0. The summed E-state index contributed by atoms with van der Waals surface area (Å²) in [6.45, 7) is 2.24. The third kappa shape index (κ3) is 2.03. The van der Waals surface area contributed by atoms with Crippen molar-refractivity contribution in [2.45, 2.75) is 18.8 Å². The number of rotatable bonds is 2. The Morgan fingerprint density at radius 2 is 2.38 bits per heavy atom. The Morgan fingerprint density at radius 3 is 3.12 bits per heavy atom. The van der Waals surface area contributed by atoms with Crippen LogP contribution in [-0.4, -0.2) is 23.1 Å². The van der Waals surface area contributed by atoms with E-state index in [1.165, 1.54) is 22.7 Å². The first-order valence-electron chi connectivity index (χ1n) is 5.48. The van der Waals surface area contributed by atoms with Crippen LogP contribution in [-0.2, 0) is 0 Å². The molecule has 0 aliphatic carbocycles. The zero-order valence-electron chi connectivity index (χ0n) is 8.85. The summed E-state index contributed by atoms with van der Waals surface area (Å²) in [4.78, 5) is 9.99. The highest BCUT2D eigenvalue weighted by molar-refractivity contribution is 7.14. The van der Waals surface area contributed by atoms with Crippen molar-refractivity contribution in [1.82, 2.24) is 15.3 Å². The van der Waals surface area contributed by atoms with Crippen molar-refractivity contribution < 1.29 is 0 Å². The van der Waals surface area contributed by atoms with Gasteiger partial charge in [0, 0.05) is 24.0 Å². The summed E-state index contributed by atoms with van der Waals surface area (Å²) in [5.41, 5.74) is 2.95. The van der Waals surface area contributed by atoms with E-state index in [1.54, 1.807) is 22.7 Å². The Bertz CT molecular complexity index is 444. The van der Waals surface area contributed by atoms with Crippen LogP contribution in [0.25, 0.3) is 10.6 Å². The van der Waals surface area contributed by atoms with Gasteiger partial charge in [0.25, 0.3) is 0 Å². The van der Waals surface area contributed by atoms with Crippen molar-refractivity contribution in [1.29, 1.82) is 0 Å². The highest BCUT2D eigenvalue weighted by Gasteiger charge is 2.18. The maximum atomic E-state index is 4.73. The number of hydrogen-bond donors (Lipinski definition) is 1. The quantitative estimate of drug-likeness (QED) is 0.892. The van der Waals surface area contributed by atoms with Gasteiger partial charge in [0.2, 0.25) is 0 Å². The molecule has 2 aromatic heterocycles. The molecular formula is C11H13N3S2. The first kappa shape index (κ1) is 10.4. The molecule has 1 N–H and O–H groups in total. The summed E-state index contributed by atoms with van der Waals surface area (Å²) < 4.78 is 0. The molecule has 0 aromatic carbocycles. The SMILES string of the molecule is c1ncc(-c2csc(C3CCCNC3)n2)s1. The fourth-order valence-electron chi connectivity index (χ4n) is 1.99. The normalized spacial score (nSPS) is 21.1. The highest BCUT2D eigenvalue weighted by atomic mass is 32.1. The Morgan fingerprint density at radius 1 is 1.38 bits per heavy atom. The van der Waals surface area contributed by atoms with Crippen LogP contribution in [0, 0.1) is 0 Å². The van der Waals surface area contributed by atoms with Crippen molar-refractivity contribution in [2.24, 2.45) is 0 Å². The number of nitrogens with one attached hydrogen (secondary N) is 1. The van der Waals surface area contributed by atoms with Crippen LogP contribution in [0.3, 0.4) is 0 Å². The van der Waals surface area contributed by atoms with Crippen molar-refractivity contribution >= 4 is 22.7 Å². The molecule has 1 aliphatic heterocycles. The standard InChI is InChI=1S/C11H13N3S2/c1-2-8(4-12-3-1)11-14-9(6-15-11)10-5-13-7-16-10/h5-8,12H,1-4H2. The van der Waals surface area contributed by atoms with E-state index in [0.717, 1.165) is 18.8 Å². The number of nitrogens with zero attached hydrogens (tertiary/aromatic N) is 2. The third-order valence-electron chi connectivity index (χ3n) is 2.85. The number of aromatic nitrogens is 2. The lowest BCUT2D eigenvalue weighted by molar-refractivity contribution is 0.460. The maximum absolute atomic E-state index is 4.73. The predicted octanol–water partition coefficient (Wildman–Crippen LogP) is 2.73. The number of piperidine rings is 1. The van der Waals surface area contributed by atoms with E-state index in [4.69, 9.17) is 4.98 Å². The molecule has 0 amide bonds. The van der Waals surface area contributed by atoms with Gasteiger partial charge in [-0.25, -0.2) is 4.98 Å². The van der Waals surface area contributed by atoms with Crippen molar-refractivity contribution in [3.8, 4) is 10.6 Å². The fourth-order valence-corrected chi connectivity index (χ4v) is 3.61. The van der Waals surface area contributed by atoms with Gasteiger partial charge in [-0.15, -0.1) is 22.7 Å². The highest BCUT2D eigenvalue weighted by Crippen LogP contribution is 2.31. The summed E-state index contributed by atoms with van der Waals surface area (Å²) in [6.07, 6.45) is 4.42. The van der Waals surface area contributed by atoms with Crippen LogP contribution in [0.4, 0.5) is 0 Å². The molecule has 3 heterocycles. The van der Waals surface area contributed by atoms with E-state index >= 15 is 0 Å². The molecule has 0 radical (unpaired) electrons. The van der Waals surface area contributed by atoms with E-state index < -0.39 is 0 Å². The van der Waals surface area contributed by atoms with Gasteiger partial charge in [-0.2, -0.15) is 0 Å². The van der Waals surface area contributed by atoms with Crippen molar-refractivity contribution in [3.05, 3.63) is 22.1 Å². The van der Waals surface area contributed by atoms with Crippen LogP contribution in [0.5, 0.6) is 0 Å². The molecule has 0 spiro atoms. The smallest absolute Gasteiger partial charge is 0.0976 e. The van der Waals surface area contributed by atoms with E-state index in [-0.39, 0.29) is 0 Å². The minimum atomic E-state index is 0.612. The van der Waals surface area contributed by atoms with Gasteiger partial charge in [-0.3, -0.25) is 4.98 Å². The molecule has 1 atom stereocenters. The molecule has 3 rings (SSSR count). The van der Waals surface area contributed by atoms with E-state index in [1.807, 2.05) is 11.7 Å². The number of thiazole rings is 2. The molecular weight excluding hydrogens is 238 g/mol. The zero-order chi connectivity index (χ0) is 10.8. The molecule has 3 nitrogen and oxygen atoms in total. The van der Waals surface area contributed by atoms with Crippen molar-refractivity contribution in [2.75, 3.05) is 13.1 Å². The molecule has 5 heteroatoms. The van der Waals surface area contributed by atoms with Gasteiger partial charge in [0.1, 0.15) is 0 Å². The zero-order valence-corrected chi connectivity index (χ0v) is 10.5. The third-order valence-corrected chi connectivity index (χ3v) is 4.66. The summed E-state index contributed by atoms with van der Waals surface area (Å²) in [5.74, 6) is 0.612. The van der Waals surface area contributed by atoms with Crippen molar-refractivity contribution in [3.63, 3.8) is 0 Å². The fraction of sp³-hybridized carbons (Fsp3) is 0.455. The summed E-state index contributed by atoms with van der Waals surface area (Å²) in [7, 11) is 0. The summed E-state index contributed by atoms with van der Waals surface area (Å²) in [5, 5.41) is 6.86. The first-order valence-corrected chi connectivity index (χ1v) is 7.24. The minimum absolute atomic E-state index is 0.612. The average Bonchev–Trinajstić information content (AvgIpc) is 3.01. The Balaban J connectivity index is 1.82. The Hall–Kier alpha value is -0.780. The van der Waals surface area contributed by atoms with Gasteiger partial charge in [-0.1, -0.05) is 0 Å². The van der Waals surface area contributed by atoms with Crippen LogP contribution in [0.2, 0.25) is 0 Å². The van der Waals surface area contributed by atoms with Gasteiger partial charge in [0.05, 0.1) is 21.1 Å². The van der Waals surface area contributed by atoms with E-state index in [2.05, 4.69) is 15.7 Å². The lowest BCUT2D eigenvalue weighted by Gasteiger charge is -2.20. The predicted molar refractivity (Wildman–Crippen MR) is 68.1 cm³/mol. The Labute approximate surface area is 103 Å². The maximum Gasteiger partial charge on any atom is 0.0976 e. The molecule has 1 saturated heterocycles.